The number of hydrogen-bond donors (Lipinski definition) is 2. The van der Waals surface area contributed by atoms with Crippen molar-refractivity contribution < 1.29 is 9.53 Å². The molecule has 1 aromatic heterocycles. The number of methoxy groups -OCH3 is 1. The third kappa shape index (κ3) is 5.31. The van der Waals surface area contributed by atoms with E-state index in [1.807, 2.05) is 0 Å². The number of amides is 1. The smallest absolute Gasteiger partial charge is 0.251 e. The number of rotatable bonds is 7. The van der Waals surface area contributed by atoms with Gasteiger partial charge in [-0.15, -0.1) is 0 Å². The van der Waals surface area contributed by atoms with Crippen molar-refractivity contribution >= 4 is 5.91 Å². The molecule has 0 aliphatic rings. The van der Waals surface area contributed by atoms with Crippen LogP contribution in [-0.4, -0.2) is 31.2 Å². The number of H-pyrrole nitrogens is 1. The molecule has 5 heteroatoms. The Kier molecular flexibility index (Phi) is 6.03. The zero-order valence-electron chi connectivity index (χ0n) is 9.99. The van der Waals surface area contributed by atoms with E-state index in [-0.39, 0.29) is 11.5 Å². The largest absolute Gasteiger partial charge is 0.385 e. The molecule has 0 unspecified atom stereocenters. The van der Waals surface area contributed by atoms with Crippen LogP contribution in [0.4, 0.5) is 0 Å². The van der Waals surface area contributed by atoms with E-state index in [1.165, 1.54) is 12.3 Å². The highest BCUT2D eigenvalue weighted by molar-refractivity contribution is 5.93. The molecule has 0 aromatic carbocycles. The summed E-state index contributed by atoms with van der Waals surface area (Å²) in [4.78, 5) is 25.1. The minimum absolute atomic E-state index is 0.206. The van der Waals surface area contributed by atoms with Gasteiger partial charge in [-0.3, -0.25) is 9.59 Å². The van der Waals surface area contributed by atoms with Crippen LogP contribution in [0.3, 0.4) is 0 Å². The molecule has 5 nitrogen and oxygen atoms in total. The second-order valence-corrected chi connectivity index (χ2v) is 3.75. The minimum Gasteiger partial charge on any atom is -0.385 e. The van der Waals surface area contributed by atoms with Gasteiger partial charge < -0.3 is 15.0 Å². The number of ether oxygens (including phenoxy) is 1. The monoisotopic (exact) mass is 238 g/mol. The molecule has 17 heavy (non-hydrogen) atoms. The van der Waals surface area contributed by atoms with Crippen LogP contribution in [0.5, 0.6) is 0 Å². The molecule has 1 aromatic rings. The molecule has 0 radical (unpaired) electrons. The predicted octanol–water partition coefficient (Wildman–Crippen LogP) is 0.921. The van der Waals surface area contributed by atoms with Crippen LogP contribution < -0.4 is 10.9 Å². The van der Waals surface area contributed by atoms with Crippen molar-refractivity contribution in [3.05, 3.63) is 34.2 Å². The zero-order valence-corrected chi connectivity index (χ0v) is 9.99. The lowest BCUT2D eigenvalue weighted by Gasteiger charge is -2.04. The summed E-state index contributed by atoms with van der Waals surface area (Å²) < 4.78 is 4.93. The van der Waals surface area contributed by atoms with Crippen molar-refractivity contribution in [2.24, 2.45) is 0 Å². The summed E-state index contributed by atoms with van der Waals surface area (Å²) in [6.07, 6.45) is 4.40. The highest BCUT2D eigenvalue weighted by atomic mass is 16.5. The summed E-state index contributed by atoms with van der Waals surface area (Å²) in [5, 5.41) is 2.77. The highest BCUT2D eigenvalue weighted by Gasteiger charge is 2.04. The molecular weight excluding hydrogens is 220 g/mol. The van der Waals surface area contributed by atoms with Crippen LogP contribution >= 0.6 is 0 Å². The first-order chi connectivity index (χ1) is 8.24. The van der Waals surface area contributed by atoms with E-state index in [0.29, 0.717) is 12.1 Å². The summed E-state index contributed by atoms with van der Waals surface area (Å²) >= 11 is 0. The molecule has 2 N–H and O–H groups in total. The molecule has 0 bridgehead atoms. The topological polar surface area (TPSA) is 71.2 Å². The lowest BCUT2D eigenvalue weighted by Crippen LogP contribution is -2.25. The Balaban J connectivity index is 2.24. The second kappa shape index (κ2) is 7.62. The number of nitrogens with one attached hydrogen (secondary N) is 2. The van der Waals surface area contributed by atoms with Crippen LogP contribution in [-0.2, 0) is 4.74 Å². The molecule has 0 spiro atoms. The number of carbonyl (C=O) groups excluding carboxylic acids is 1. The average Bonchev–Trinajstić information content (AvgIpc) is 2.33. The molecule has 0 saturated heterocycles. The minimum atomic E-state index is -0.266. The molecule has 94 valence electrons. The quantitative estimate of drug-likeness (QED) is 0.694. The molecule has 0 atom stereocenters. The maximum absolute atomic E-state index is 11.6. The Morgan fingerprint density at radius 3 is 2.94 bits per heavy atom. The summed E-state index contributed by atoms with van der Waals surface area (Å²) in [5.74, 6) is -0.206. The summed E-state index contributed by atoms with van der Waals surface area (Å²) in [6.45, 7) is 1.37. The Hall–Kier alpha value is -1.62. The molecule has 0 saturated carbocycles. The van der Waals surface area contributed by atoms with Gasteiger partial charge in [-0.2, -0.15) is 0 Å². The van der Waals surface area contributed by atoms with Crippen LogP contribution in [0.2, 0.25) is 0 Å². The maximum Gasteiger partial charge on any atom is 0.251 e. The van der Waals surface area contributed by atoms with E-state index >= 15 is 0 Å². The van der Waals surface area contributed by atoms with E-state index in [0.717, 1.165) is 25.9 Å². The third-order valence-electron chi connectivity index (χ3n) is 2.35. The average molecular weight is 238 g/mol. The molecule has 0 fully saturated rings. The Labute approximate surface area is 100 Å². The van der Waals surface area contributed by atoms with Crippen LogP contribution in [0.25, 0.3) is 0 Å². The number of aromatic amines is 1. The van der Waals surface area contributed by atoms with Crippen molar-refractivity contribution in [2.45, 2.75) is 19.3 Å². The maximum atomic E-state index is 11.6. The summed E-state index contributed by atoms with van der Waals surface area (Å²) in [7, 11) is 1.68. The van der Waals surface area contributed by atoms with Gasteiger partial charge in [-0.1, -0.05) is 0 Å². The fourth-order valence-corrected chi connectivity index (χ4v) is 1.44. The van der Waals surface area contributed by atoms with Gasteiger partial charge in [0.25, 0.3) is 5.91 Å². The molecule has 0 aliphatic carbocycles. The van der Waals surface area contributed by atoms with Gasteiger partial charge in [-0.25, -0.2) is 0 Å². The lowest BCUT2D eigenvalue weighted by molar-refractivity contribution is 0.0952. The van der Waals surface area contributed by atoms with Gasteiger partial charge >= 0.3 is 0 Å². The first-order valence-electron chi connectivity index (χ1n) is 5.70. The summed E-state index contributed by atoms with van der Waals surface area (Å²) in [5.41, 5.74) is 0.128. The van der Waals surface area contributed by atoms with Gasteiger partial charge in [-0.05, 0) is 25.3 Å². The van der Waals surface area contributed by atoms with Crippen molar-refractivity contribution in [1.82, 2.24) is 10.3 Å². The lowest BCUT2D eigenvalue weighted by atomic mass is 10.2. The second-order valence-electron chi connectivity index (χ2n) is 3.75. The normalized spacial score (nSPS) is 10.2. The number of pyridine rings is 1. The Morgan fingerprint density at radius 2 is 2.24 bits per heavy atom. The number of carbonyl (C=O) groups is 1. The molecule has 1 rings (SSSR count). The molecule has 1 amide bonds. The fourth-order valence-electron chi connectivity index (χ4n) is 1.44. The fraction of sp³-hybridized carbons (Fsp3) is 0.500. The van der Waals surface area contributed by atoms with E-state index in [1.54, 1.807) is 13.2 Å². The predicted molar refractivity (Wildman–Crippen MR) is 65.1 cm³/mol. The van der Waals surface area contributed by atoms with Crippen molar-refractivity contribution in [1.29, 1.82) is 0 Å². The van der Waals surface area contributed by atoms with Crippen molar-refractivity contribution in [3.8, 4) is 0 Å². The standard InChI is InChI=1S/C12H18N2O3/c1-17-8-4-2-3-6-14-12(16)10-5-7-13-11(15)9-10/h5,7,9H,2-4,6,8H2,1H3,(H,13,15)(H,14,16). The summed E-state index contributed by atoms with van der Waals surface area (Å²) in [6, 6.07) is 2.88. The first kappa shape index (κ1) is 13.4. The van der Waals surface area contributed by atoms with Gasteiger partial charge in [0.2, 0.25) is 5.56 Å². The van der Waals surface area contributed by atoms with Gasteiger partial charge in [0.15, 0.2) is 0 Å². The highest BCUT2D eigenvalue weighted by Crippen LogP contribution is 1.96. The van der Waals surface area contributed by atoms with Gasteiger partial charge in [0.1, 0.15) is 0 Å². The van der Waals surface area contributed by atoms with Crippen LogP contribution in [0, 0.1) is 0 Å². The SMILES string of the molecule is COCCCCCNC(=O)c1cc[nH]c(=O)c1. The molecular formula is C12H18N2O3. The van der Waals surface area contributed by atoms with Crippen molar-refractivity contribution in [2.75, 3.05) is 20.3 Å². The van der Waals surface area contributed by atoms with Gasteiger partial charge in [0, 0.05) is 38.1 Å². The molecule has 1 heterocycles. The number of unbranched alkanes of at least 4 members (excludes halogenated alkanes) is 2. The molecule has 0 aliphatic heterocycles. The first-order valence-corrected chi connectivity index (χ1v) is 5.70. The van der Waals surface area contributed by atoms with E-state index in [4.69, 9.17) is 4.74 Å². The van der Waals surface area contributed by atoms with E-state index in [2.05, 4.69) is 10.3 Å². The Morgan fingerprint density at radius 1 is 1.41 bits per heavy atom. The van der Waals surface area contributed by atoms with Crippen molar-refractivity contribution in [3.63, 3.8) is 0 Å². The van der Waals surface area contributed by atoms with Crippen LogP contribution in [0.1, 0.15) is 29.6 Å². The Bertz CT molecular complexity index is 401. The number of hydrogen-bond acceptors (Lipinski definition) is 3. The zero-order chi connectivity index (χ0) is 12.5. The van der Waals surface area contributed by atoms with Crippen LogP contribution in [0.15, 0.2) is 23.1 Å². The van der Waals surface area contributed by atoms with E-state index < -0.39 is 0 Å². The van der Waals surface area contributed by atoms with Gasteiger partial charge in [0.05, 0.1) is 0 Å². The third-order valence-corrected chi connectivity index (χ3v) is 2.35. The van der Waals surface area contributed by atoms with E-state index in [9.17, 15) is 9.59 Å². The number of aromatic nitrogens is 1.